The molecule has 0 fully saturated rings. The van der Waals surface area contributed by atoms with E-state index < -0.39 is 5.97 Å². The van der Waals surface area contributed by atoms with Gasteiger partial charge in [0.2, 0.25) is 0 Å². The van der Waals surface area contributed by atoms with Crippen LogP contribution in [0.4, 0.5) is 5.69 Å². The Morgan fingerprint density at radius 3 is 2.83 bits per heavy atom. The van der Waals surface area contributed by atoms with Crippen LogP contribution >= 0.6 is 0 Å². The molecular formula is C14H18N2O2. The van der Waals surface area contributed by atoms with Crippen LogP contribution < -0.4 is 5.01 Å². The Labute approximate surface area is 107 Å². The normalized spacial score (nSPS) is 21.3. The van der Waals surface area contributed by atoms with Gasteiger partial charge in [-0.25, -0.2) is 0 Å². The summed E-state index contributed by atoms with van der Waals surface area (Å²) in [7, 11) is 0. The number of hydrazone groups is 1. The molecule has 0 aromatic heterocycles. The number of carbonyl (C=O) groups is 1. The van der Waals surface area contributed by atoms with Gasteiger partial charge in [-0.1, -0.05) is 26.0 Å². The predicted molar refractivity (Wildman–Crippen MR) is 72.0 cm³/mol. The summed E-state index contributed by atoms with van der Waals surface area (Å²) < 4.78 is 0. The topological polar surface area (TPSA) is 52.9 Å². The van der Waals surface area contributed by atoms with Gasteiger partial charge in [-0.3, -0.25) is 9.80 Å². The van der Waals surface area contributed by atoms with E-state index >= 15 is 0 Å². The van der Waals surface area contributed by atoms with Crippen LogP contribution in [0.3, 0.4) is 0 Å². The first kappa shape index (κ1) is 12.6. The van der Waals surface area contributed by atoms with Gasteiger partial charge in [-0.15, -0.1) is 0 Å². The number of benzene rings is 1. The minimum atomic E-state index is -0.795. The molecule has 4 heteroatoms. The Bertz CT molecular complexity index is 494. The molecule has 96 valence electrons. The van der Waals surface area contributed by atoms with Crippen LogP contribution in [0.2, 0.25) is 0 Å². The molecular weight excluding hydrogens is 228 g/mol. The fraction of sp³-hybridized carbons (Fsp3) is 0.429. The Kier molecular flexibility index (Phi) is 3.11. The van der Waals surface area contributed by atoms with Crippen molar-refractivity contribution in [2.45, 2.75) is 33.2 Å². The van der Waals surface area contributed by atoms with Crippen LogP contribution in [0.15, 0.2) is 29.4 Å². The highest BCUT2D eigenvalue weighted by molar-refractivity contribution is 5.77. The van der Waals surface area contributed by atoms with Gasteiger partial charge in [-0.2, -0.15) is 5.10 Å². The summed E-state index contributed by atoms with van der Waals surface area (Å²) in [6, 6.07) is 7.81. The molecule has 0 bridgehead atoms. The number of aryl methyl sites for hydroxylation is 1. The minimum absolute atomic E-state index is 0.0843. The minimum Gasteiger partial charge on any atom is -0.481 e. The molecule has 1 aliphatic rings. The van der Waals surface area contributed by atoms with E-state index in [1.54, 1.807) is 0 Å². The van der Waals surface area contributed by atoms with Crippen molar-refractivity contribution < 1.29 is 9.90 Å². The van der Waals surface area contributed by atoms with Gasteiger partial charge in [0.25, 0.3) is 0 Å². The number of aliphatic carboxylic acids is 1. The standard InChI is InChI=1S/C14H18N2O2/c1-10-5-4-6-11(7-10)16-12(8-13(17)18)14(2,3)9-15-16/h4-7,9,12H,8H2,1-3H3,(H,17,18). The smallest absolute Gasteiger partial charge is 0.305 e. The van der Waals surface area contributed by atoms with Crippen LogP contribution in [0, 0.1) is 12.3 Å². The molecule has 1 N–H and O–H groups in total. The highest BCUT2D eigenvalue weighted by atomic mass is 16.4. The lowest BCUT2D eigenvalue weighted by Gasteiger charge is -2.30. The number of nitrogens with zero attached hydrogens (tertiary/aromatic N) is 2. The molecule has 1 aromatic carbocycles. The molecule has 2 rings (SSSR count). The molecule has 0 radical (unpaired) electrons. The predicted octanol–water partition coefficient (Wildman–Crippen LogP) is 2.67. The van der Waals surface area contributed by atoms with Gasteiger partial charge in [-0.05, 0) is 24.6 Å². The lowest BCUT2D eigenvalue weighted by molar-refractivity contribution is -0.137. The van der Waals surface area contributed by atoms with Gasteiger partial charge >= 0.3 is 5.97 Å². The second kappa shape index (κ2) is 4.44. The largest absolute Gasteiger partial charge is 0.481 e. The van der Waals surface area contributed by atoms with Crippen molar-refractivity contribution in [1.82, 2.24) is 0 Å². The molecule has 1 aliphatic heterocycles. The zero-order valence-electron chi connectivity index (χ0n) is 10.9. The van der Waals surface area contributed by atoms with Gasteiger partial charge < -0.3 is 5.11 Å². The highest BCUT2D eigenvalue weighted by Gasteiger charge is 2.39. The van der Waals surface area contributed by atoms with Gasteiger partial charge in [0, 0.05) is 11.6 Å². The molecule has 1 aromatic rings. The maximum atomic E-state index is 11.0. The van der Waals surface area contributed by atoms with Crippen LogP contribution in [-0.2, 0) is 4.79 Å². The van der Waals surface area contributed by atoms with Crippen LogP contribution in [0.1, 0.15) is 25.8 Å². The summed E-state index contributed by atoms with van der Waals surface area (Å²) in [5.41, 5.74) is 1.85. The Morgan fingerprint density at radius 1 is 1.50 bits per heavy atom. The number of anilines is 1. The lowest BCUT2D eigenvalue weighted by atomic mass is 9.84. The number of hydrogen-bond acceptors (Lipinski definition) is 3. The van der Waals surface area contributed by atoms with E-state index in [9.17, 15) is 4.79 Å². The van der Waals surface area contributed by atoms with Crippen molar-refractivity contribution in [2.75, 3.05) is 5.01 Å². The number of hydrogen-bond donors (Lipinski definition) is 1. The SMILES string of the molecule is Cc1cccc(N2N=CC(C)(C)C2CC(=O)O)c1. The number of carboxylic acids is 1. The van der Waals surface area contributed by atoms with Crippen molar-refractivity contribution >= 4 is 17.9 Å². The third-order valence-electron chi connectivity index (χ3n) is 3.30. The molecule has 0 saturated heterocycles. The Hall–Kier alpha value is -1.84. The van der Waals surface area contributed by atoms with Crippen molar-refractivity contribution in [1.29, 1.82) is 0 Å². The molecule has 1 heterocycles. The first-order valence-electron chi connectivity index (χ1n) is 6.03. The van der Waals surface area contributed by atoms with Crippen molar-refractivity contribution in [2.24, 2.45) is 10.5 Å². The zero-order valence-corrected chi connectivity index (χ0v) is 10.9. The van der Waals surface area contributed by atoms with E-state index in [4.69, 9.17) is 5.11 Å². The van der Waals surface area contributed by atoms with Crippen LogP contribution in [-0.4, -0.2) is 23.3 Å². The molecule has 0 aliphatic carbocycles. The maximum Gasteiger partial charge on any atom is 0.305 e. The first-order valence-corrected chi connectivity index (χ1v) is 6.03. The quantitative estimate of drug-likeness (QED) is 0.892. The molecule has 4 nitrogen and oxygen atoms in total. The second-order valence-electron chi connectivity index (χ2n) is 5.36. The van der Waals surface area contributed by atoms with Crippen molar-refractivity contribution in [3.8, 4) is 0 Å². The fourth-order valence-corrected chi connectivity index (χ4v) is 2.22. The summed E-state index contributed by atoms with van der Waals surface area (Å²) in [6.07, 6.45) is 1.92. The Morgan fingerprint density at radius 2 is 2.22 bits per heavy atom. The fourth-order valence-electron chi connectivity index (χ4n) is 2.22. The molecule has 1 atom stereocenters. The van der Waals surface area contributed by atoms with E-state index in [0.29, 0.717) is 0 Å². The summed E-state index contributed by atoms with van der Waals surface area (Å²) in [4.78, 5) is 11.0. The van der Waals surface area contributed by atoms with Gasteiger partial charge in [0.05, 0.1) is 18.2 Å². The van der Waals surface area contributed by atoms with E-state index in [1.807, 2.05) is 56.3 Å². The van der Waals surface area contributed by atoms with Gasteiger partial charge in [0.15, 0.2) is 0 Å². The summed E-state index contributed by atoms with van der Waals surface area (Å²) >= 11 is 0. The van der Waals surface area contributed by atoms with E-state index in [-0.39, 0.29) is 17.9 Å². The number of carboxylic acid groups (broad SMARTS) is 1. The lowest BCUT2D eigenvalue weighted by Crippen LogP contribution is -2.39. The van der Waals surface area contributed by atoms with E-state index in [1.165, 1.54) is 0 Å². The summed E-state index contributed by atoms with van der Waals surface area (Å²) in [5.74, 6) is -0.795. The first-order chi connectivity index (χ1) is 8.40. The van der Waals surface area contributed by atoms with Crippen LogP contribution in [0.5, 0.6) is 0 Å². The van der Waals surface area contributed by atoms with E-state index in [0.717, 1.165) is 11.3 Å². The Balaban J connectivity index is 2.32. The molecule has 0 spiro atoms. The summed E-state index contributed by atoms with van der Waals surface area (Å²) in [5, 5.41) is 15.2. The van der Waals surface area contributed by atoms with Crippen molar-refractivity contribution in [3.63, 3.8) is 0 Å². The second-order valence-corrected chi connectivity index (χ2v) is 5.36. The average Bonchev–Trinajstić information content (AvgIpc) is 2.54. The maximum absolute atomic E-state index is 11.0. The average molecular weight is 246 g/mol. The zero-order chi connectivity index (χ0) is 13.3. The highest BCUT2D eigenvalue weighted by Crippen LogP contribution is 2.35. The van der Waals surface area contributed by atoms with Crippen molar-refractivity contribution in [3.05, 3.63) is 29.8 Å². The molecule has 1 unspecified atom stereocenters. The van der Waals surface area contributed by atoms with Crippen LogP contribution in [0.25, 0.3) is 0 Å². The molecule has 0 saturated carbocycles. The van der Waals surface area contributed by atoms with E-state index in [2.05, 4.69) is 5.10 Å². The summed E-state index contributed by atoms with van der Waals surface area (Å²) in [6.45, 7) is 6.04. The molecule has 18 heavy (non-hydrogen) atoms. The number of rotatable bonds is 3. The third kappa shape index (κ3) is 2.37. The third-order valence-corrected chi connectivity index (χ3v) is 3.30. The van der Waals surface area contributed by atoms with Gasteiger partial charge in [0.1, 0.15) is 0 Å². The monoisotopic (exact) mass is 246 g/mol. The molecule has 0 amide bonds.